The third kappa shape index (κ3) is 4.99. The summed E-state index contributed by atoms with van der Waals surface area (Å²) in [7, 11) is -3.81. The van der Waals surface area contributed by atoms with E-state index in [1.807, 2.05) is 13.8 Å². The van der Waals surface area contributed by atoms with Crippen LogP contribution in [0.2, 0.25) is 0 Å². The number of hydrogen-bond acceptors (Lipinski definition) is 5. The van der Waals surface area contributed by atoms with Gasteiger partial charge in [0.25, 0.3) is 0 Å². The van der Waals surface area contributed by atoms with Crippen LogP contribution in [0.4, 0.5) is 11.4 Å². The van der Waals surface area contributed by atoms with Gasteiger partial charge in [-0.05, 0) is 37.5 Å². The summed E-state index contributed by atoms with van der Waals surface area (Å²) < 4.78 is 22.5. The van der Waals surface area contributed by atoms with Crippen LogP contribution in [0.3, 0.4) is 0 Å². The average Bonchev–Trinajstić information content (AvgIpc) is 2.23. The highest BCUT2D eigenvalue weighted by Crippen LogP contribution is 2.23. The standard InChI is InChI=1S/C13H23N3O3S/c1-9(2)7-13(3,17)8-16-10-4-5-12(11(14)6-10)20(15,18)19/h4-6,9,16-17H,7-8,14H2,1-3H3,(H2,15,18,19). The highest BCUT2D eigenvalue weighted by atomic mass is 32.2. The van der Waals surface area contributed by atoms with Gasteiger partial charge in [0.1, 0.15) is 4.90 Å². The van der Waals surface area contributed by atoms with Gasteiger partial charge in [-0.15, -0.1) is 0 Å². The summed E-state index contributed by atoms with van der Waals surface area (Å²) in [6.07, 6.45) is 0.657. The number of nitrogens with two attached hydrogens (primary N) is 2. The molecule has 20 heavy (non-hydrogen) atoms. The Hall–Kier alpha value is -1.31. The summed E-state index contributed by atoms with van der Waals surface area (Å²) in [5.41, 5.74) is 5.54. The lowest BCUT2D eigenvalue weighted by atomic mass is 9.94. The van der Waals surface area contributed by atoms with Crippen LogP contribution >= 0.6 is 0 Å². The number of anilines is 2. The van der Waals surface area contributed by atoms with E-state index >= 15 is 0 Å². The molecule has 1 rings (SSSR count). The molecule has 0 aliphatic carbocycles. The fraction of sp³-hybridized carbons (Fsp3) is 0.538. The lowest BCUT2D eigenvalue weighted by Crippen LogP contribution is -2.34. The number of sulfonamides is 1. The number of nitrogen functional groups attached to an aromatic ring is 1. The van der Waals surface area contributed by atoms with E-state index < -0.39 is 15.6 Å². The predicted molar refractivity (Wildman–Crippen MR) is 80.8 cm³/mol. The molecule has 0 aromatic heterocycles. The van der Waals surface area contributed by atoms with Crippen molar-refractivity contribution >= 4 is 21.4 Å². The van der Waals surface area contributed by atoms with E-state index in [9.17, 15) is 13.5 Å². The molecule has 1 aromatic rings. The monoisotopic (exact) mass is 301 g/mol. The molecule has 0 spiro atoms. The van der Waals surface area contributed by atoms with Gasteiger partial charge in [-0.1, -0.05) is 13.8 Å². The first-order chi connectivity index (χ1) is 9.01. The normalized spacial score (nSPS) is 15.1. The Labute approximate surface area is 120 Å². The van der Waals surface area contributed by atoms with Crippen molar-refractivity contribution < 1.29 is 13.5 Å². The molecule has 1 atom stereocenters. The van der Waals surface area contributed by atoms with E-state index in [1.54, 1.807) is 13.0 Å². The van der Waals surface area contributed by atoms with E-state index in [4.69, 9.17) is 10.9 Å². The predicted octanol–water partition coefficient (Wildman–Crippen LogP) is 1.13. The molecule has 7 heteroatoms. The SMILES string of the molecule is CC(C)CC(C)(O)CNc1ccc(S(N)(=O)=O)c(N)c1. The smallest absolute Gasteiger partial charge is 0.240 e. The number of nitrogens with one attached hydrogen (secondary N) is 1. The van der Waals surface area contributed by atoms with E-state index in [-0.39, 0.29) is 10.6 Å². The van der Waals surface area contributed by atoms with E-state index in [0.29, 0.717) is 24.6 Å². The molecule has 0 fully saturated rings. The second-order valence-corrected chi connectivity index (χ2v) is 7.28. The largest absolute Gasteiger partial charge is 0.398 e. The first kappa shape index (κ1) is 16.7. The quantitative estimate of drug-likeness (QED) is 0.587. The molecule has 0 saturated heterocycles. The van der Waals surface area contributed by atoms with Crippen LogP contribution in [-0.2, 0) is 10.0 Å². The molecule has 114 valence electrons. The second kappa shape index (κ2) is 5.99. The lowest BCUT2D eigenvalue weighted by molar-refractivity contribution is 0.0515. The Morgan fingerprint density at radius 1 is 1.40 bits per heavy atom. The minimum absolute atomic E-state index is 0.0843. The van der Waals surface area contributed by atoms with Crippen molar-refractivity contribution in [2.75, 3.05) is 17.6 Å². The fourth-order valence-electron chi connectivity index (χ4n) is 2.16. The zero-order chi connectivity index (χ0) is 15.6. The average molecular weight is 301 g/mol. The zero-order valence-corrected chi connectivity index (χ0v) is 12.9. The third-order valence-electron chi connectivity index (χ3n) is 2.84. The zero-order valence-electron chi connectivity index (χ0n) is 12.1. The van der Waals surface area contributed by atoms with Crippen LogP contribution in [0, 0.1) is 5.92 Å². The van der Waals surface area contributed by atoms with Crippen LogP contribution in [0.25, 0.3) is 0 Å². The minimum Gasteiger partial charge on any atom is -0.398 e. The molecule has 1 unspecified atom stereocenters. The molecule has 0 bridgehead atoms. The van der Waals surface area contributed by atoms with Crippen LogP contribution in [0.15, 0.2) is 23.1 Å². The summed E-state index contributed by atoms with van der Waals surface area (Å²) >= 11 is 0. The maximum atomic E-state index is 11.2. The van der Waals surface area contributed by atoms with Gasteiger partial charge in [0.15, 0.2) is 0 Å². The fourth-order valence-corrected chi connectivity index (χ4v) is 2.81. The van der Waals surface area contributed by atoms with Gasteiger partial charge >= 0.3 is 0 Å². The molecule has 6 N–H and O–H groups in total. The van der Waals surface area contributed by atoms with Gasteiger partial charge in [-0.2, -0.15) is 0 Å². The number of hydrogen-bond donors (Lipinski definition) is 4. The highest BCUT2D eigenvalue weighted by molar-refractivity contribution is 7.89. The number of aliphatic hydroxyl groups is 1. The van der Waals surface area contributed by atoms with E-state index in [0.717, 1.165) is 0 Å². The molecule has 0 aliphatic rings. The van der Waals surface area contributed by atoms with Crippen LogP contribution in [0.5, 0.6) is 0 Å². The Balaban J connectivity index is 2.79. The number of primary sulfonamides is 1. The summed E-state index contributed by atoms with van der Waals surface area (Å²) in [4.78, 5) is -0.100. The Bertz CT molecular complexity index is 568. The summed E-state index contributed by atoms with van der Waals surface area (Å²) in [6, 6.07) is 4.41. The molecule has 6 nitrogen and oxygen atoms in total. The van der Waals surface area contributed by atoms with Gasteiger partial charge in [-0.3, -0.25) is 0 Å². The number of rotatable bonds is 6. The van der Waals surface area contributed by atoms with Crippen molar-refractivity contribution in [3.05, 3.63) is 18.2 Å². The highest BCUT2D eigenvalue weighted by Gasteiger charge is 2.21. The summed E-state index contributed by atoms with van der Waals surface area (Å²) in [6.45, 7) is 6.17. The van der Waals surface area contributed by atoms with E-state index in [1.165, 1.54) is 12.1 Å². The molecule has 0 amide bonds. The Morgan fingerprint density at radius 3 is 2.45 bits per heavy atom. The molecular weight excluding hydrogens is 278 g/mol. The number of benzene rings is 1. The van der Waals surface area contributed by atoms with E-state index in [2.05, 4.69) is 5.32 Å². The third-order valence-corrected chi connectivity index (χ3v) is 3.82. The molecule has 0 saturated carbocycles. The molecule has 1 aromatic carbocycles. The van der Waals surface area contributed by atoms with Crippen molar-refractivity contribution in [3.63, 3.8) is 0 Å². The van der Waals surface area contributed by atoms with Crippen molar-refractivity contribution in [1.29, 1.82) is 0 Å². The maximum Gasteiger partial charge on any atom is 0.240 e. The molecule has 0 heterocycles. The summed E-state index contributed by atoms with van der Waals surface area (Å²) in [5.74, 6) is 0.377. The first-order valence-corrected chi connectivity index (χ1v) is 7.94. The molecule has 0 radical (unpaired) electrons. The van der Waals surface area contributed by atoms with Gasteiger partial charge < -0.3 is 16.2 Å². The second-order valence-electron chi connectivity index (χ2n) is 5.75. The van der Waals surface area contributed by atoms with Crippen molar-refractivity contribution in [2.45, 2.75) is 37.7 Å². The van der Waals surface area contributed by atoms with Crippen molar-refractivity contribution in [1.82, 2.24) is 0 Å². The molecule has 0 aliphatic heterocycles. The summed E-state index contributed by atoms with van der Waals surface area (Å²) in [5, 5.41) is 18.3. The van der Waals surface area contributed by atoms with Gasteiger partial charge in [-0.25, -0.2) is 13.6 Å². The lowest BCUT2D eigenvalue weighted by Gasteiger charge is -2.26. The van der Waals surface area contributed by atoms with Crippen molar-refractivity contribution in [3.8, 4) is 0 Å². The van der Waals surface area contributed by atoms with Crippen LogP contribution in [0.1, 0.15) is 27.2 Å². The Kier molecular flexibility index (Phi) is 5.01. The first-order valence-electron chi connectivity index (χ1n) is 6.40. The van der Waals surface area contributed by atoms with Crippen LogP contribution in [-0.4, -0.2) is 25.7 Å². The van der Waals surface area contributed by atoms with Gasteiger partial charge in [0.2, 0.25) is 10.0 Å². The van der Waals surface area contributed by atoms with Crippen molar-refractivity contribution in [2.24, 2.45) is 11.1 Å². The van der Waals surface area contributed by atoms with Gasteiger partial charge in [0.05, 0.1) is 11.3 Å². The minimum atomic E-state index is -3.81. The maximum absolute atomic E-state index is 11.2. The van der Waals surface area contributed by atoms with Gasteiger partial charge in [0, 0.05) is 12.2 Å². The Morgan fingerprint density at radius 2 is 2.00 bits per heavy atom. The molecular formula is C13H23N3O3S. The van der Waals surface area contributed by atoms with Crippen LogP contribution < -0.4 is 16.2 Å². The topological polar surface area (TPSA) is 118 Å².